The summed E-state index contributed by atoms with van der Waals surface area (Å²) in [4.78, 5) is 30.0. The Labute approximate surface area is 181 Å². The Morgan fingerprint density at radius 1 is 0.562 bits per heavy atom. The zero-order valence-corrected chi connectivity index (χ0v) is 16.7. The Bertz CT molecular complexity index is 465. The van der Waals surface area contributed by atoms with Crippen LogP contribution in [0.3, 0.4) is 0 Å². The van der Waals surface area contributed by atoms with E-state index in [0.29, 0.717) is 0 Å². The standard InChI is InChI=1S/C6H12O6.2C5H10O5/c7-1-3(9)5(11)6(12)4(10)2-8;2*6-1-3(8)5(10)4(9)2-7/h3,5-9,11-12H,1-2H2;2*1,3-5,7-10H,2H2/t3-,5+,6+;3-,4+,5+;3-,4-,5+/m101/s1. The first kappa shape index (κ1) is 35.1. The maximum Gasteiger partial charge on any atom is 0.189 e. The molecule has 0 fully saturated rings. The van der Waals surface area contributed by atoms with Gasteiger partial charge in [-0.3, -0.25) is 4.79 Å². The van der Waals surface area contributed by atoms with Crippen molar-refractivity contribution < 1.29 is 80.8 Å². The maximum absolute atomic E-state index is 10.5. The molecule has 0 spiro atoms. The van der Waals surface area contributed by atoms with Gasteiger partial charge in [0.15, 0.2) is 18.4 Å². The van der Waals surface area contributed by atoms with Gasteiger partial charge in [0.2, 0.25) is 0 Å². The summed E-state index contributed by atoms with van der Waals surface area (Å²) in [5.74, 6) is -1.00. The number of aldehydes is 2. The molecule has 0 unspecified atom stereocenters. The SMILES string of the molecule is O=C(CO)[C@H](O)[C@@H](O)[C@H](O)CO.O=C[C@@H](O)[C@H](O)[C@H](O)CO.O=C[C@H](O)[C@@H](O)[C@H](O)CO. The normalized spacial score (nSPS) is 19.2. The number of aliphatic hydroxyl groups is 13. The number of rotatable bonds is 13. The minimum atomic E-state index is -1.86. The van der Waals surface area contributed by atoms with Crippen molar-refractivity contribution >= 4 is 18.4 Å². The van der Waals surface area contributed by atoms with Crippen LogP contribution in [-0.2, 0) is 14.4 Å². The van der Waals surface area contributed by atoms with Crippen molar-refractivity contribution in [1.29, 1.82) is 0 Å². The summed E-state index contributed by atoms with van der Waals surface area (Å²) in [5.41, 5.74) is 0. The van der Waals surface area contributed by atoms with Crippen molar-refractivity contribution in [3.63, 3.8) is 0 Å². The molecule has 9 atom stereocenters. The second kappa shape index (κ2) is 20.1. The van der Waals surface area contributed by atoms with E-state index in [2.05, 4.69) is 0 Å². The van der Waals surface area contributed by atoms with Gasteiger partial charge in [0.1, 0.15) is 61.5 Å². The molecule has 0 aliphatic heterocycles. The molecule has 16 heteroatoms. The predicted molar refractivity (Wildman–Crippen MR) is 99.5 cm³/mol. The third-order valence-corrected chi connectivity index (χ3v) is 3.53. The number of hydrogen-bond donors (Lipinski definition) is 13. The maximum atomic E-state index is 10.5. The van der Waals surface area contributed by atoms with Crippen molar-refractivity contribution in [2.24, 2.45) is 0 Å². The van der Waals surface area contributed by atoms with Crippen LogP contribution in [0.2, 0.25) is 0 Å². The molecule has 32 heavy (non-hydrogen) atoms. The van der Waals surface area contributed by atoms with Gasteiger partial charge in [0, 0.05) is 0 Å². The van der Waals surface area contributed by atoms with E-state index >= 15 is 0 Å². The Kier molecular flexibility index (Phi) is 22.1. The number of ketones is 1. The lowest BCUT2D eigenvalue weighted by Gasteiger charge is -2.19. The molecule has 0 saturated carbocycles. The third-order valence-electron chi connectivity index (χ3n) is 3.53. The highest BCUT2D eigenvalue weighted by Gasteiger charge is 2.29. The molecule has 13 N–H and O–H groups in total. The molecule has 0 aliphatic carbocycles. The second-order valence-corrected chi connectivity index (χ2v) is 6.04. The van der Waals surface area contributed by atoms with Gasteiger partial charge in [-0.2, -0.15) is 0 Å². The molecule has 0 bridgehead atoms. The molecular weight excluding hydrogens is 448 g/mol. The minimum absolute atomic E-state index is 0.0869. The summed E-state index contributed by atoms with van der Waals surface area (Å²) in [6.07, 6.45) is -14.5. The highest BCUT2D eigenvalue weighted by Crippen LogP contribution is 2.00. The topological polar surface area (TPSA) is 314 Å². The molecule has 0 aromatic rings. The molecule has 0 heterocycles. The summed E-state index contributed by atoms with van der Waals surface area (Å²) < 4.78 is 0. The van der Waals surface area contributed by atoms with Gasteiger partial charge in [-0.25, -0.2) is 0 Å². The van der Waals surface area contributed by atoms with Crippen LogP contribution < -0.4 is 0 Å². The van der Waals surface area contributed by atoms with Gasteiger partial charge in [-0.15, -0.1) is 0 Å². The van der Waals surface area contributed by atoms with Gasteiger partial charge < -0.3 is 76.0 Å². The monoisotopic (exact) mass is 480 g/mol. The van der Waals surface area contributed by atoms with Gasteiger partial charge in [0.05, 0.1) is 19.8 Å². The first-order chi connectivity index (χ1) is 14.8. The fourth-order valence-electron chi connectivity index (χ4n) is 1.43. The van der Waals surface area contributed by atoms with Crippen LogP contribution in [0.4, 0.5) is 0 Å². The van der Waals surface area contributed by atoms with Crippen molar-refractivity contribution in [1.82, 2.24) is 0 Å². The lowest BCUT2D eigenvalue weighted by Crippen LogP contribution is -2.44. The molecule has 16 nitrogen and oxygen atoms in total. The van der Waals surface area contributed by atoms with Crippen LogP contribution in [0.5, 0.6) is 0 Å². The summed E-state index contributed by atoms with van der Waals surface area (Å²) >= 11 is 0. The lowest BCUT2D eigenvalue weighted by atomic mass is 10.1. The van der Waals surface area contributed by atoms with Crippen LogP contribution in [-0.4, -0.2) is 166 Å². The Balaban J connectivity index is -0.000000397. The number of aliphatic hydroxyl groups excluding tert-OH is 13. The zero-order valence-electron chi connectivity index (χ0n) is 16.7. The van der Waals surface area contributed by atoms with Crippen molar-refractivity contribution in [3.05, 3.63) is 0 Å². The zero-order chi connectivity index (χ0) is 26.0. The summed E-state index contributed by atoms with van der Waals surface area (Å²) in [6.45, 7) is -3.06. The summed E-state index contributed by atoms with van der Waals surface area (Å²) in [7, 11) is 0. The number of carbonyl (C=O) groups is 3. The van der Waals surface area contributed by atoms with Crippen LogP contribution in [0.25, 0.3) is 0 Å². The van der Waals surface area contributed by atoms with E-state index in [-0.39, 0.29) is 12.6 Å². The van der Waals surface area contributed by atoms with E-state index in [1.807, 2.05) is 0 Å². The molecule has 192 valence electrons. The average Bonchev–Trinajstić information content (AvgIpc) is 2.84. The Hall–Kier alpha value is -1.51. The number of Topliss-reactive ketones (excluding diaryl/α,β-unsaturated/α-hetero) is 1. The van der Waals surface area contributed by atoms with E-state index in [4.69, 9.17) is 66.4 Å². The van der Waals surface area contributed by atoms with Gasteiger partial charge >= 0.3 is 0 Å². The molecule has 0 aliphatic rings. The highest BCUT2D eigenvalue weighted by molar-refractivity contribution is 5.84. The summed E-state index contributed by atoms with van der Waals surface area (Å²) in [6, 6.07) is 0. The van der Waals surface area contributed by atoms with Crippen molar-refractivity contribution in [3.8, 4) is 0 Å². The fourth-order valence-corrected chi connectivity index (χ4v) is 1.43. The molecule has 0 aromatic carbocycles. The second-order valence-electron chi connectivity index (χ2n) is 6.04. The van der Waals surface area contributed by atoms with Crippen LogP contribution in [0.15, 0.2) is 0 Å². The van der Waals surface area contributed by atoms with Gasteiger partial charge in [-0.05, 0) is 0 Å². The van der Waals surface area contributed by atoms with Crippen LogP contribution in [0.1, 0.15) is 0 Å². The van der Waals surface area contributed by atoms with Crippen LogP contribution in [0, 0.1) is 0 Å². The molecule has 0 radical (unpaired) electrons. The van der Waals surface area contributed by atoms with E-state index in [0.717, 1.165) is 0 Å². The molecule has 0 aromatic heterocycles. The Morgan fingerprint density at radius 2 is 0.844 bits per heavy atom. The van der Waals surface area contributed by atoms with Crippen molar-refractivity contribution in [2.75, 3.05) is 26.4 Å². The third kappa shape index (κ3) is 14.5. The van der Waals surface area contributed by atoms with E-state index < -0.39 is 87.1 Å². The first-order valence-electron chi connectivity index (χ1n) is 8.80. The quantitative estimate of drug-likeness (QED) is 0.109. The molecule has 0 saturated heterocycles. The largest absolute Gasteiger partial charge is 0.394 e. The van der Waals surface area contributed by atoms with E-state index in [1.54, 1.807) is 0 Å². The minimum Gasteiger partial charge on any atom is -0.394 e. The Morgan fingerprint density at radius 3 is 1.06 bits per heavy atom. The number of carbonyl (C=O) groups excluding carboxylic acids is 3. The smallest absolute Gasteiger partial charge is 0.189 e. The predicted octanol–water partition coefficient (Wildman–Crippen LogP) is -8.86. The average molecular weight is 480 g/mol. The van der Waals surface area contributed by atoms with Gasteiger partial charge in [0.25, 0.3) is 0 Å². The van der Waals surface area contributed by atoms with Crippen LogP contribution >= 0.6 is 0 Å². The first-order valence-corrected chi connectivity index (χ1v) is 8.80. The fraction of sp³-hybridized carbons (Fsp3) is 0.812. The summed E-state index contributed by atoms with van der Waals surface area (Å²) in [5, 5.41) is 111. The molecule has 0 amide bonds. The number of hydrogen-bond acceptors (Lipinski definition) is 16. The van der Waals surface area contributed by atoms with Gasteiger partial charge in [-0.1, -0.05) is 0 Å². The van der Waals surface area contributed by atoms with E-state index in [9.17, 15) is 14.4 Å². The van der Waals surface area contributed by atoms with Crippen molar-refractivity contribution in [2.45, 2.75) is 54.9 Å². The van der Waals surface area contributed by atoms with E-state index in [1.165, 1.54) is 0 Å². The molecule has 0 rings (SSSR count). The lowest BCUT2D eigenvalue weighted by molar-refractivity contribution is -0.142. The highest BCUT2D eigenvalue weighted by atomic mass is 16.4. The molecular formula is C16H32O16.